The summed E-state index contributed by atoms with van der Waals surface area (Å²) in [6.45, 7) is 0. The third kappa shape index (κ3) is 1.70. The van der Waals surface area contributed by atoms with Crippen LogP contribution in [0.5, 0.6) is 5.75 Å². The van der Waals surface area contributed by atoms with Crippen molar-refractivity contribution < 1.29 is 24.2 Å². The maximum absolute atomic E-state index is 11.2. The lowest BCUT2D eigenvalue weighted by Gasteiger charge is -2.22. The van der Waals surface area contributed by atoms with Gasteiger partial charge in [-0.25, -0.2) is 9.59 Å². The van der Waals surface area contributed by atoms with Crippen LogP contribution in [0.1, 0.15) is 22.1 Å². The maximum atomic E-state index is 11.2. The summed E-state index contributed by atoms with van der Waals surface area (Å²) < 4.78 is 9.34. The zero-order valence-electron chi connectivity index (χ0n) is 8.39. The van der Waals surface area contributed by atoms with Crippen molar-refractivity contribution in [2.75, 3.05) is 7.11 Å². The molecule has 6 heteroatoms. The van der Waals surface area contributed by atoms with Crippen molar-refractivity contribution in [1.29, 1.82) is 0 Å². The molecule has 0 unspecified atom stereocenters. The molecule has 1 aromatic rings. The van der Waals surface area contributed by atoms with Crippen LogP contribution in [-0.4, -0.2) is 24.3 Å². The van der Waals surface area contributed by atoms with Crippen molar-refractivity contribution in [3.63, 3.8) is 0 Å². The van der Waals surface area contributed by atoms with Gasteiger partial charge in [-0.2, -0.15) is 0 Å². The van der Waals surface area contributed by atoms with E-state index in [1.165, 1.54) is 25.3 Å². The molecule has 0 spiro atoms. The van der Waals surface area contributed by atoms with Gasteiger partial charge in [0.25, 0.3) is 0 Å². The number of aliphatic hydroxyl groups excluding tert-OH is 1. The normalized spacial score (nSPS) is 18.1. The molecule has 1 aromatic carbocycles. The highest BCUT2D eigenvalue weighted by Crippen LogP contribution is 2.28. The van der Waals surface area contributed by atoms with Gasteiger partial charge in [0, 0.05) is 5.56 Å². The first kappa shape index (κ1) is 10.4. The van der Waals surface area contributed by atoms with Gasteiger partial charge in [0.15, 0.2) is 6.23 Å². The summed E-state index contributed by atoms with van der Waals surface area (Å²) in [7, 11) is 1.26. The van der Waals surface area contributed by atoms with Gasteiger partial charge in [0.2, 0.25) is 0 Å². The number of rotatable bonds is 1. The van der Waals surface area contributed by atoms with Crippen molar-refractivity contribution in [3.05, 3.63) is 29.3 Å². The van der Waals surface area contributed by atoms with Crippen LogP contribution in [0.15, 0.2) is 18.2 Å². The summed E-state index contributed by atoms with van der Waals surface area (Å²) >= 11 is 0. The van der Waals surface area contributed by atoms with Gasteiger partial charge in [-0.1, -0.05) is 0 Å². The fraction of sp³-hybridized carbons (Fsp3) is 0.200. The summed E-state index contributed by atoms with van der Waals surface area (Å²) in [6.07, 6.45) is -1.91. The molecule has 1 heterocycles. The van der Waals surface area contributed by atoms with E-state index in [9.17, 15) is 14.7 Å². The molecular weight excluding hydrogens is 214 g/mol. The lowest BCUT2D eigenvalue weighted by atomic mass is 10.1. The smallest absolute Gasteiger partial charge is 0.414 e. The standard InChI is InChI=1S/C10H9NO5/c1-15-9(13)5-2-3-7-6(4-5)8(12)11-10(14)16-7/h2-4,8,12H,1H3,(H,11,14)/t8-/m0/s1. The molecule has 84 valence electrons. The first-order chi connectivity index (χ1) is 7.61. The van der Waals surface area contributed by atoms with E-state index in [0.717, 1.165) is 0 Å². The third-order valence-electron chi connectivity index (χ3n) is 2.18. The molecule has 0 fully saturated rings. The Hall–Kier alpha value is -2.08. The van der Waals surface area contributed by atoms with E-state index in [0.29, 0.717) is 5.56 Å². The third-order valence-corrected chi connectivity index (χ3v) is 2.18. The van der Waals surface area contributed by atoms with E-state index in [2.05, 4.69) is 10.1 Å². The average molecular weight is 223 g/mol. The van der Waals surface area contributed by atoms with E-state index >= 15 is 0 Å². The fourth-order valence-electron chi connectivity index (χ4n) is 1.42. The minimum Gasteiger partial charge on any atom is -0.465 e. The summed E-state index contributed by atoms with van der Waals surface area (Å²) in [6, 6.07) is 4.30. The first-order valence-corrected chi connectivity index (χ1v) is 4.50. The Morgan fingerprint density at radius 2 is 2.31 bits per heavy atom. The molecule has 0 saturated heterocycles. The van der Waals surface area contributed by atoms with Crippen LogP contribution in [0.4, 0.5) is 4.79 Å². The van der Waals surface area contributed by atoms with Gasteiger partial charge in [0.1, 0.15) is 5.75 Å². The fourth-order valence-corrected chi connectivity index (χ4v) is 1.42. The number of amides is 1. The number of hydrogen-bond acceptors (Lipinski definition) is 5. The van der Waals surface area contributed by atoms with Gasteiger partial charge in [-0.15, -0.1) is 0 Å². The number of benzene rings is 1. The largest absolute Gasteiger partial charge is 0.465 e. The number of ether oxygens (including phenoxy) is 2. The number of methoxy groups -OCH3 is 1. The van der Waals surface area contributed by atoms with Gasteiger partial charge in [-0.3, -0.25) is 5.32 Å². The molecule has 1 atom stereocenters. The highest BCUT2D eigenvalue weighted by Gasteiger charge is 2.25. The van der Waals surface area contributed by atoms with Gasteiger partial charge < -0.3 is 14.6 Å². The Morgan fingerprint density at radius 3 is 3.00 bits per heavy atom. The second-order valence-corrected chi connectivity index (χ2v) is 3.18. The Bertz CT molecular complexity index is 457. The highest BCUT2D eigenvalue weighted by molar-refractivity contribution is 5.90. The molecule has 6 nitrogen and oxygen atoms in total. The predicted molar refractivity (Wildman–Crippen MR) is 51.9 cm³/mol. The number of carbonyl (C=O) groups excluding carboxylic acids is 2. The Labute approximate surface area is 90.8 Å². The molecule has 2 rings (SSSR count). The molecule has 1 amide bonds. The van der Waals surface area contributed by atoms with E-state index in [1.54, 1.807) is 0 Å². The lowest BCUT2D eigenvalue weighted by molar-refractivity contribution is 0.0600. The van der Waals surface area contributed by atoms with Crippen molar-refractivity contribution in [2.45, 2.75) is 6.23 Å². The Kier molecular flexibility index (Phi) is 2.49. The quantitative estimate of drug-likeness (QED) is 0.680. The Balaban J connectivity index is 2.42. The van der Waals surface area contributed by atoms with Crippen molar-refractivity contribution in [3.8, 4) is 5.75 Å². The average Bonchev–Trinajstić information content (AvgIpc) is 2.27. The molecule has 1 aliphatic heterocycles. The first-order valence-electron chi connectivity index (χ1n) is 4.50. The maximum Gasteiger partial charge on any atom is 0.414 e. The van der Waals surface area contributed by atoms with Gasteiger partial charge in [0.05, 0.1) is 12.7 Å². The molecule has 0 saturated carbocycles. The second-order valence-electron chi connectivity index (χ2n) is 3.18. The van der Waals surface area contributed by atoms with Crippen LogP contribution < -0.4 is 10.1 Å². The SMILES string of the molecule is COC(=O)c1ccc2c(c1)[C@H](O)NC(=O)O2. The molecule has 2 N–H and O–H groups in total. The monoisotopic (exact) mass is 223 g/mol. The minimum atomic E-state index is -1.18. The van der Waals surface area contributed by atoms with Gasteiger partial charge in [-0.05, 0) is 18.2 Å². The van der Waals surface area contributed by atoms with E-state index < -0.39 is 18.3 Å². The summed E-state index contributed by atoms with van der Waals surface area (Å²) in [5, 5.41) is 11.7. The topological polar surface area (TPSA) is 84.9 Å². The van der Waals surface area contributed by atoms with Crippen molar-refractivity contribution in [2.24, 2.45) is 0 Å². The van der Waals surface area contributed by atoms with Crippen molar-refractivity contribution in [1.82, 2.24) is 5.32 Å². The van der Waals surface area contributed by atoms with Crippen LogP contribution in [-0.2, 0) is 4.74 Å². The van der Waals surface area contributed by atoms with Crippen LogP contribution in [0.25, 0.3) is 0 Å². The number of esters is 1. The van der Waals surface area contributed by atoms with Gasteiger partial charge >= 0.3 is 12.1 Å². The molecule has 0 radical (unpaired) electrons. The van der Waals surface area contributed by atoms with Crippen LogP contribution in [0, 0.1) is 0 Å². The molecule has 1 aliphatic rings. The lowest BCUT2D eigenvalue weighted by Crippen LogP contribution is -2.35. The predicted octanol–water partition coefficient (Wildman–Crippen LogP) is 0.566. The molecule has 0 bridgehead atoms. The molecular formula is C10H9NO5. The number of hydrogen-bond donors (Lipinski definition) is 2. The van der Waals surface area contributed by atoms with Crippen molar-refractivity contribution >= 4 is 12.1 Å². The zero-order chi connectivity index (χ0) is 11.7. The number of nitrogens with one attached hydrogen (secondary N) is 1. The molecule has 0 aliphatic carbocycles. The Morgan fingerprint density at radius 1 is 1.56 bits per heavy atom. The number of carbonyl (C=O) groups is 2. The van der Waals surface area contributed by atoms with Crippen LogP contribution in [0.2, 0.25) is 0 Å². The summed E-state index contributed by atoms with van der Waals surface area (Å²) in [5.74, 6) is -0.296. The second kappa shape index (κ2) is 3.82. The summed E-state index contributed by atoms with van der Waals surface area (Å²) in [5.41, 5.74) is 0.600. The molecule has 16 heavy (non-hydrogen) atoms. The van der Waals surface area contributed by atoms with E-state index in [-0.39, 0.29) is 11.3 Å². The van der Waals surface area contributed by atoms with E-state index in [1.807, 2.05) is 0 Å². The van der Waals surface area contributed by atoms with Crippen LogP contribution in [0.3, 0.4) is 0 Å². The number of fused-ring (bicyclic) bond motifs is 1. The minimum absolute atomic E-state index is 0.226. The zero-order valence-corrected chi connectivity index (χ0v) is 8.39. The highest BCUT2D eigenvalue weighted by atomic mass is 16.6. The van der Waals surface area contributed by atoms with E-state index in [4.69, 9.17) is 4.74 Å². The molecule has 0 aromatic heterocycles. The van der Waals surface area contributed by atoms with Crippen LogP contribution >= 0.6 is 0 Å². The summed E-state index contributed by atoms with van der Waals surface area (Å²) in [4.78, 5) is 22.2. The number of aliphatic hydroxyl groups is 1.